The molecule has 2 rings (SSSR count). The Bertz CT molecular complexity index is 386. The molecule has 1 aromatic rings. The van der Waals surface area contributed by atoms with Crippen molar-refractivity contribution in [3.05, 3.63) is 24.2 Å². The van der Waals surface area contributed by atoms with Crippen LogP contribution >= 0.6 is 0 Å². The van der Waals surface area contributed by atoms with Crippen LogP contribution in [-0.2, 0) is 10.3 Å². The lowest BCUT2D eigenvalue weighted by molar-refractivity contribution is -0.104. The quantitative estimate of drug-likeness (QED) is 0.860. The Labute approximate surface area is 115 Å². The van der Waals surface area contributed by atoms with Crippen molar-refractivity contribution in [2.24, 2.45) is 0 Å². The van der Waals surface area contributed by atoms with E-state index in [0.717, 1.165) is 12.8 Å². The average Bonchev–Trinajstić information content (AvgIpc) is 2.73. The molecule has 0 aromatic carbocycles. The molecule has 1 unspecified atom stereocenters. The second-order valence-electron chi connectivity index (χ2n) is 6.65. The van der Waals surface area contributed by atoms with E-state index >= 15 is 0 Å². The van der Waals surface area contributed by atoms with E-state index in [-0.39, 0.29) is 5.60 Å². The monoisotopic (exact) mass is 267 g/mol. The fourth-order valence-electron chi connectivity index (χ4n) is 2.34. The number of aliphatic hydroxyl groups is 1. The van der Waals surface area contributed by atoms with Gasteiger partial charge in [-0.3, -0.25) is 0 Å². The predicted octanol–water partition coefficient (Wildman–Crippen LogP) is 2.42. The summed E-state index contributed by atoms with van der Waals surface area (Å²) in [6, 6.07) is 4.02. The fourth-order valence-corrected chi connectivity index (χ4v) is 2.34. The van der Waals surface area contributed by atoms with Gasteiger partial charge in [0.2, 0.25) is 0 Å². The molecule has 1 saturated carbocycles. The molecule has 1 atom stereocenters. The first kappa shape index (κ1) is 14.6. The second-order valence-corrected chi connectivity index (χ2v) is 6.65. The fraction of sp³-hybridized carbons (Fsp3) is 0.733. The van der Waals surface area contributed by atoms with Crippen LogP contribution in [0.25, 0.3) is 0 Å². The van der Waals surface area contributed by atoms with Crippen molar-refractivity contribution in [3.63, 3.8) is 0 Å². The zero-order valence-electron chi connectivity index (χ0n) is 12.3. The molecule has 1 aliphatic rings. The van der Waals surface area contributed by atoms with E-state index in [1.165, 1.54) is 0 Å². The number of ether oxygens (including phenoxy) is 1. The maximum atomic E-state index is 10.3. The standard InChI is InChI=1S/C15H25NO3/c1-14(2,3)19-12-8-11(9-12)16-10-15(4,17)13-6-5-7-18-13/h5-7,11-12,16-17H,8-10H2,1-4H3. The number of rotatable bonds is 5. The van der Waals surface area contributed by atoms with Gasteiger partial charge in [-0.05, 0) is 52.7 Å². The summed E-state index contributed by atoms with van der Waals surface area (Å²) in [6.45, 7) is 8.49. The highest BCUT2D eigenvalue weighted by Gasteiger charge is 2.35. The highest BCUT2D eigenvalue weighted by Crippen LogP contribution is 2.28. The van der Waals surface area contributed by atoms with Crippen LogP contribution in [0.15, 0.2) is 22.8 Å². The van der Waals surface area contributed by atoms with Gasteiger partial charge in [-0.25, -0.2) is 0 Å². The Balaban J connectivity index is 1.71. The molecule has 2 N–H and O–H groups in total. The van der Waals surface area contributed by atoms with Crippen LogP contribution in [-0.4, -0.2) is 29.4 Å². The molecule has 0 bridgehead atoms. The Morgan fingerprint density at radius 3 is 2.58 bits per heavy atom. The summed E-state index contributed by atoms with van der Waals surface area (Å²) in [5, 5.41) is 13.7. The van der Waals surface area contributed by atoms with E-state index in [1.807, 2.05) is 0 Å². The van der Waals surface area contributed by atoms with Gasteiger partial charge in [-0.2, -0.15) is 0 Å². The lowest BCUT2D eigenvalue weighted by Crippen LogP contribution is -2.51. The van der Waals surface area contributed by atoms with Gasteiger partial charge in [-0.1, -0.05) is 0 Å². The first-order valence-electron chi connectivity index (χ1n) is 6.94. The van der Waals surface area contributed by atoms with Gasteiger partial charge in [0.25, 0.3) is 0 Å². The molecule has 1 fully saturated rings. The van der Waals surface area contributed by atoms with Crippen LogP contribution in [0, 0.1) is 0 Å². The maximum Gasteiger partial charge on any atom is 0.136 e. The third kappa shape index (κ3) is 4.06. The molecule has 1 aliphatic carbocycles. The van der Waals surface area contributed by atoms with Crippen LogP contribution in [0.4, 0.5) is 0 Å². The van der Waals surface area contributed by atoms with E-state index in [0.29, 0.717) is 24.5 Å². The lowest BCUT2D eigenvalue weighted by atomic mass is 9.88. The lowest BCUT2D eigenvalue weighted by Gasteiger charge is -2.40. The molecule has 0 spiro atoms. The van der Waals surface area contributed by atoms with Gasteiger partial charge in [0, 0.05) is 12.6 Å². The molecule has 0 saturated heterocycles. The molecule has 0 aliphatic heterocycles. The summed E-state index contributed by atoms with van der Waals surface area (Å²) in [6.07, 6.45) is 3.93. The smallest absolute Gasteiger partial charge is 0.136 e. The van der Waals surface area contributed by atoms with E-state index in [1.54, 1.807) is 25.3 Å². The van der Waals surface area contributed by atoms with Gasteiger partial charge in [-0.15, -0.1) is 0 Å². The summed E-state index contributed by atoms with van der Waals surface area (Å²) < 4.78 is 11.1. The molecule has 4 nitrogen and oxygen atoms in total. The SMILES string of the molecule is CC(C)(C)OC1CC(NCC(C)(O)c2ccco2)C1. The molecule has 1 aromatic heterocycles. The molecular weight excluding hydrogens is 242 g/mol. The number of hydrogen-bond acceptors (Lipinski definition) is 4. The Kier molecular flexibility index (Phi) is 4.04. The Morgan fingerprint density at radius 1 is 1.37 bits per heavy atom. The molecule has 108 valence electrons. The van der Waals surface area contributed by atoms with Crippen LogP contribution in [0.3, 0.4) is 0 Å². The maximum absolute atomic E-state index is 10.3. The van der Waals surface area contributed by atoms with Crippen LogP contribution in [0.2, 0.25) is 0 Å². The van der Waals surface area contributed by atoms with Crippen molar-refractivity contribution in [1.82, 2.24) is 5.32 Å². The first-order chi connectivity index (χ1) is 8.76. The van der Waals surface area contributed by atoms with E-state index in [4.69, 9.17) is 9.15 Å². The minimum atomic E-state index is -0.959. The van der Waals surface area contributed by atoms with Gasteiger partial charge in [0.15, 0.2) is 0 Å². The van der Waals surface area contributed by atoms with E-state index in [2.05, 4.69) is 26.1 Å². The molecule has 1 heterocycles. The van der Waals surface area contributed by atoms with Gasteiger partial charge >= 0.3 is 0 Å². The molecule has 4 heteroatoms. The van der Waals surface area contributed by atoms with Crippen LogP contribution in [0.5, 0.6) is 0 Å². The topological polar surface area (TPSA) is 54.6 Å². The third-order valence-corrected chi connectivity index (χ3v) is 3.40. The molecule has 0 radical (unpaired) electrons. The van der Waals surface area contributed by atoms with Gasteiger partial charge in [0.1, 0.15) is 11.4 Å². The summed E-state index contributed by atoms with van der Waals surface area (Å²) in [4.78, 5) is 0. The van der Waals surface area contributed by atoms with E-state index < -0.39 is 5.60 Å². The van der Waals surface area contributed by atoms with Crippen molar-refractivity contribution < 1.29 is 14.3 Å². The largest absolute Gasteiger partial charge is 0.466 e. The molecular formula is C15H25NO3. The number of hydrogen-bond donors (Lipinski definition) is 2. The van der Waals surface area contributed by atoms with Crippen molar-refractivity contribution in [1.29, 1.82) is 0 Å². The van der Waals surface area contributed by atoms with Crippen LogP contribution < -0.4 is 5.32 Å². The highest BCUT2D eigenvalue weighted by molar-refractivity contribution is 5.08. The summed E-state index contributed by atoms with van der Waals surface area (Å²) in [5.41, 5.74) is -1.03. The predicted molar refractivity (Wildman–Crippen MR) is 73.9 cm³/mol. The first-order valence-corrected chi connectivity index (χ1v) is 6.94. The summed E-state index contributed by atoms with van der Waals surface area (Å²) >= 11 is 0. The summed E-state index contributed by atoms with van der Waals surface area (Å²) in [5.74, 6) is 0.599. The van der Waals surface area contributed by atoms with Gasteiger partial charge < -0.3 is 19.6 Å². The zero-order valence-corrected chi connectivity index (χ0v) is 12.3. The minimum Gasteiger partial charge on any atom is -0.466 e. The average molecular weight is 267 g/mol. The van der Waals surface area contributed by atoms with Crippen molar-refractivity contribution in [2.45, 2.75) is 63.9 Å². The highest BCUT2D eigenvalue weighted by atomic mass is 16.5. The number of furan rings is 1. The summed E-state index contributed by atoms with van der Waals surface area (Å²) in [7, 11) is 0. The third-order valence-electron chi connectivity index (χ3n) is 3.40. The second kappa shape index (κ2) is 5.27. The van der Waals surface area contributed by atoms with Crippen molar-refractivity contribution in [2.75, 3.05) is 6.54 Å². The normalized spacial score (nSPS) is 26.8. The minimum absolute atomic E-state index is 0.0741. The molecule has 0 amide bonds. The van der Waals surface area contributed by atoms with E-state index in [9.17, 15) is 5.11 Å². The van der Waals surface area contributed by atoms with Crippen molar-refractivity contribution >= 4 is 0 Å². The Hall–Kier alpha value is -0.840. The Morgan fingerprint density at radius 2 is 2.05 bits per heavy atom. The van der Waals surface area contributed by atoms with Crippen LogP contribution in [0.1, 0.15) is 46.3 Å². The zero-order chi connectivity index (χ0) is 14.1. The number of nitrogens with one attached hydrogen (secondary N) is 1. The van der Waals surface area contributed by atoms with Crippen molar-refractivity contribution in [3.8, 4) is 0 Å². The molecule has 19 heavy (non-hydrogen) atoms. The van der Waals surface area contributed by atoms with Gasteiger partial charge in [0.05, 0.1) is 18.0 Å².